The Labute approximate surface area is 118 Å². The van der Waals surface area contributed by atoms with Crippen LogP contribution in [0.2, 0.25) is 0 Å². The maximum absolute atomic E-state index is 11.9. The first-order valence-electron chi connectivity index (χ1n) is 6.49. The van der Waals surface area contributed by atoms with E-state index >= 15 is 0 Å². The van der Waals surface area contributed by atoms with E-state index in [2.05, 4.69) is 0 Å². The summed E-state index contributed by atoms with van der Waals surface area (Å²) >= 11 is 0. The second-order valence-electron chi connectivity index (χ2n) is 3.88. The molecular formula is C16H19NO3. The molecule has 4 nitrogen and oxygen atoms in total. The highest BCUT2D eigenvalue weighted by Crippen LogP contribution is 2.28. The van der Waals surface area contributed by atoms with Crippen molar-refractivity contribution in [3.05, 3.63) is 47.5 Å². The summed E-state index contributed by atoms with van der Waals surface area (Å²) in [6.07, 6.45) is 0. The number of aliphatic hydroxyl groups is 1. The van der Waals surface area contributed by atoms with Gasteiger partial charge in [-0.2, -0.15) is 0 Å². The average Bonchev–Trinajstić information content (AvgIpc) is 2.54. The minimum atomic E-state index is -0.228. The Kier molecular flexibility index (Phi) is 5.41. The summed E-state index contributed by atoms with van der Waals surface area (Å²) < 4.78 is 0. The van der Waals surface area contributed by atoms with Crippen molar-refractivity contribution in [1.82, 2.24) is 4.90 Å². The molecule has 4 heteroatoms. The van der Waals surface area contributed by atoms with Crippen LogP contribution in [0, 0.1) is 0 Å². The number of rotatable bonds is 0. The summed E-state index contributed by atoms with van der Waals surface area (Å²) in [6, 6.07) is 11.0. The van der Waals surface area contributed by atoms with Crippen molar-refractivity contribution in [3.8, 4) is 0 Å². The number of hydrogen-bond donors (Lipinski definition) is 1. The molecular weight excluding hydrogens is 254 g/mol. The van der Waals surface area contributed by atoms with E-state index in [0.29, 0.717) is 11.1 Å². The van der Waals surface area contributed by atoms with Gasteiger partial charge in [-0.15, -0.1) is 0 Å². The van der Waals surface area contributed by atoms with E-state index in [1.54, 1.807) is 12.1 Å². The van der Waals surface area contributed by atoms with E-state index in [0.717, 1.165) is 22.8 Å². The van der Waals surface area contributed by atoms with Gasteiger partial charge in [0.15, 0.2) is 0 Å². The van der Waals surface area contributed by atoms with Crippen LogP contribution in [-0.4, -0.2) is 36.0 Å². The summed E-state index contributed by atoms with van der Waals surface area (Å²) in [5.74, 6) is -0.455. The summed E-state index contributed by atoms with van der Waals surface area (Å²) in [5, 5.41) is 8.71. The Balaban J connectivity index is 0.000000461. The molecule has 2 aromatic rings. The second-order valence-corrected chi connectivity index (χ2v) is 3.88. The van der Waals surface area contributed by atoms with Crippen LogP contribution in [0.3, 0.4) is 0 Å². The van der Waals surface area contributed by atoms with Crippen molar-refractivity contribution in [3.63, 3.8) is 0 Å². The van der Waals surface area contributed by atoms with E-state index in [-0.39, 0.29) is 11.8 Å². The number of carbonyl (C=O) groups is 2. The summed E-state index contributed by atoms with van der Waals surface area (Å²) in [7, 11) is 2.51. The van der Waals surface area contributed by atoms with Crippen LogP contribution in [0.5, 0.6) is 0 Å². The third-order valence-electron chi connectivity index (χ3n) is 2.97. The van der Waals surface area contributed by atoms with E-state index in [4.69, 9.17) is 5.11 Å². The quantitative estimate of drug-likeness (QED) is 0.751. The number of aliphatic hydroxyl groups excluding tert-OH is 1. The third-order valence-corrected chi connectivity index (χ3v) is 2.97. The minimum absolute atomic E-state index is 0.227. The van der Waals surface area contributed by atoms with Crippen LogP contribution in [0.25, 0.3) is 10.8 Å². The smallest absolute Gasteiger partial charge is 0.261 e. The molecule has 20 heavy (non-hydrogen) atoms. The van der Waals surface area contributed by atoms with Gasteiger partial charge in [-0.3, -0.25) is 14.5 Å². The Morgan fingerprint density at radius 3 is 1.65 bits per heavy atom. The second kappa shape index (κ2) is 6.82. The maximum atomic E-state index is 11.9. The standard InChI is InChI=1S/C13H9NO2.C2H6.CH4O/c1-14-12(15)9-6-2-4-8-5-3-7-10(11(8)9)13(14)16;2*1-2/h2-7H,1H3;1-2H3;2H,1H3. The molecule has 0 fully saturated rings. The van der Waals surface area contributed by atoms with Crippen LogP contribution in [0.1, 0.15) is 34.6 Å². The molecule has 1 heterocycles. The molecule has 0 aromatic heterocycles. The zero-order valence-electron chi connectivity index (χ0n) is 12.2. The van der Waals surface area contributed by atoms with E-state index in [1.165, 1.54) is 7.05 Å². The van der Waals surface area contributed by atoms with Crippen molar-refractivity contribution < 1.29 is 14.7 Å². The lowest BCUT2D eigenvalue weighted by molar-refractivity contribution is 0.0650. The Morgan fingerprint density at radius 2 is 1.25 bits per heavy atom. The lowest BCUT2D eigenvalue weighted by Gasteiger charge is -2.23. The highest BCUT2D eigenvalue weighted by molar-refractivity contribution is 6.25. The van der Waals surface area contributed by atoms with Gasteiger partial charge in [0.05, 0.1) is 0 Å². The van der Waals surface area contributed by atoms with Crippen LogP contribution in [-0.2, 0) is 0 Å². The van der Waals surface area contributed by atoms with Crippen molar-refractivity contribution in [2.75, 3.05) is 14.2 Å². The molecule has 1 N–H and O–H groups in total. The third kappa shape index (κ3) is 2.42. The molecule has 0 saturated carbocycles. The molecule has 2 aromatic carbocycles. The Morgan fingerprint density at radius 1 is 0.850 bits per heavy atom. The predicted octanol–water partition coefficient (Wildman–Crippen LogP) is 2.70. The van der Waals surface area contributed by atoms with Gasteiger partial charge in [0.25, 0.3) is 11.8 Å². The van der Waals surface area contributed by atoms with Gasteiger partial charge < -0.3 is 5.11 Å². The van der Waals surface area contributed by atoms with Gasteiger partial charge in [-0.1, -0.05) is 38.1 Å². The number of amides is 2. The summed E-state index contributed by atoms with van der Waals surface area (Å²) in [4.78, 5) is 25.0. The van der Waals surface area contributed by atoms with Gasteiger partial charge in [0.2, 0.25) is 0 Å². The van der Waals surface area contributed by atoms with Crippen LogP contribution < -0.4 is 0 Å². The monoisotopic (exact) mass is 273 g/mol. The number of benzene rings is 2. The largest absolute Gasteiger partial charge is 0.400 e. The number of hydrogen-bond acceptors (Lipinski definition) is 3. The highest BCUT2D eigenvalue weighted by Gasteiger charge is 2.29. The molecule has 0 atom stereocenters. The zero-order chi connectivity index (χ0) is 15.3. The highest BCUT2D eigenvalue weighted by atomic mass is 16.2. The molecule has 1 aliphatic heterocycles. The molecule has 0 unspecified atom stereocenters. The fourth-order valence-corrected chi connectivity index (χ4v) is 2.15. The average molecular weight is 273 g/mol. The first-order chi connectivity index (χ1) is 9.70. The maximum Gasteiger partial charge on any atom is 0.261 e. The lowest BCUT2D eigenvalue weighted by Crippen LogP contribution is -2.36. The number of nitrogens with zero attached hydrogens (tertiary/aromatic N) is 1. The van der Waals surface area contributed by atoms with Crippen LogP contribution in [0.4, 0.5) is 0 Å². The summed E-state index contributed by atoms with van der Waals surface area (Å²) in [6.45, 7) is 4.00. The van der Waals surface area contributed by atoms with Gasteiger partial charge in [-0.25, -0.2) is 0 Å². The van der Waals surface area contributed by atoms with Crippen molar-refractivity contribution in [2.45, 2.75) is 13.8 Å². The van der Waals surface area contributed by atoms with E-state index in [1.807, 2.05) is 38.1 Å². The topological polar surface area (TPSA) is 57.6 Å². The van der Waals surface area contributed by atoms with Crippen molar-refractivity contribution in [2.24, 2.45) is 0 Å². The molecule has 0 radical (unpaired) electrons. The van der Waals surface area contributed by atoms with Gasteiger partial charge in [-0.05, 0) is 17.5 Å². The molecule has 106 valence electrons. The lowest BCUT2D eigenvalue weighted by atomic mass is 9.94. The van der Waals surface area contributed by atoms with Crippen molar-refractivity contribution in [1.29, 1.82) is 0 Å². The van der Waals surface area contributed by atoms with Gasteiger partial charge in [0.1, 0.15) is 0 Å². The molecule has 1 aliphatic rings. The fraction of sp³-hybridized carbons (Fsp3) is 0.250. The van der Waals surface area contributed by atoms with E-state index < -0.39 is 0 Å². The molecule has 0 saturated heterocycles. The van der Waals surface area contributed by atoms with Gasteiger partial charge in [0, 0.05) is 30.7 Å². The Bertz CT molecular complexity index is 584. The fourth-order valence-electron chi connectivity index (χ4n) is 2.15. The van der Waals surface area contributed by atoms with E-state index in [9.17, 15) is 9.59 Å². The molecule has 0 bridgehead atoms. The van der Waals surface area contributed by atoms with Crippen molar-refractivity contribution >= 4 is 22.6 Å². The number of carbonyl (C=O) groups excluding carboxylic acids is 2. The van der Waals surface area contributed by atoms with Crippen LogP contribution >= 0.6 is 0 Å². The van der Waals surface area contributed by atoms with Gasteiger partial charge >= 0.3 is 0 Å². The molecule has 0 aliphatic carbocycles. The number of imide groups is 1. The minimum Gasteiger partial charge on any atom is -0.400 e. The molecule has 3 rings (SSSR count). The van der Waals surface area contributed by atoms with Crippen LogP contribution in [0.15, 0.2) is 36.4 Å². The molecule has 2 amide bonds. The zero-order valence-corrected chi connectivity index (χ0v) is 12.2. The predicted molar refractivity (Wildman–Crippen MR) is 79.9 cm³/mol. The summed E-state index contributed by atoms with van der Waals surface area (Å²) in [5.41, 5.74) is 1.21. The Hall–Kier alpha value is -2.20. The first kappa shape index (κ1) is 15.9. The first-order valence-corrected chi connectivity index (χ1v) is 6.49. The SMILES string of the molecule is CC.CN1C(=O)c2cccc3cccc(c23)C1=O.CO. The normalized spacial score (nSPS) is 12.3. The molecule has 0 spiro atoms.